The predicted molar refractivity (Wildman–Crippen MR) is 91.6 cm³/mol. The van der Waals surface area contributed by atoms with Crippen molar-refractivity contribution >= 4 is 17.2 Å². The number of ketones is 1. The van der Waals surface area contributed by atoms with Crippen molar-refractivity contribution in [2.75, 3.05) is 6.61 Å². The minimum Gasteiger partial charge on any atom is -0.460 e. The van der Waals surface area contributed by atoms with Crippen molar-refractivity contribution in [1.82, 2.24) is 0 Å². The van der Waals surface area contributed by atoms with Gasteiger partial charge in [-0.3, -0.25) is 4.79 Å². The molecule has 0 fully saturated rings. The molecular formula is C20H17NO3. The van der Waals surface area contributed by atoms with Crippen molar-refractivity contribution in [3.05, 3.63) is 77.1 Å². The van der Waals surface area contributed by atoms with E-state index in [0.29, 0.717) is 24.4 Å². The number of para-hydroxylation sites is 1. The van der Waals surface area contributed by atoms with Crippen LogP contribution in [0.5, 0.6) is 0 Å². The molecule has 2 aromatic rings. The van der Waals surface area contributed by atoms with E-state index in [1.807, 2.05) is 61.5 Å². The van der Waals surface area contributed by atoms with Crippen LogP contribution in [-0.4, -0.2) is 24.4 Å². The Morgan fingerprint density at radius 1 is 1.08 bits per heavy atom. The van der Waals surface area contributed by atoms with Gasteiger partial charge in [0.25, 0.3) is 0 Å². The number of fused-ring (bicyclic) bond motifs is 1. The zero-order chi connectivity index (χ0) is 16.5. The van der Waals surface area contributed by atoms with Crippen LogP contribution in [0.2, 0.25) is 0 Å². The molecule has 2 aromatic carbocycles. The lowest BCUT2D eigenvalue weighted by atomic mass is 9.87. The summed E-state index contributed by atoms with van der Waals surface area (Å²) in [6.45, 7) is 2.45. The summed E-state index contributed by atoms with van der Waals surface area (Å²) in [7, 11) is 0. The number of hydrogen-bond donors (Lipinski definition) is 0. The van der Waals surface area contributed by atoms with Gasteiger partial charge in [-0.1, -0.05) is 42.5 Å². The number of ether oxygens (including phenoxy) is 2. The fourth-order valence-electron chi connectivity index (χ4n) is 3.11. The number of allylic oxidation sites excluding steroid dienone is 1. The van der Waals surface area contributed by atoms with Gasteiger partial charge in [0, 0.05) is 29.7 Å². The molecule has 1 heterocycles. The molecule has 0 saturated heterocycles. The monoisotopic (exact) mass is 319 g/mol. The Balaban J connectivity index is 1.85. The molecule has 0 aromatic heterocycles. The van der Waals surface area contributed by atoms with Crippen LogP contribution >= 0.6 is 0 Å². The first-order chi connectivity index (χ1) is 11.8. The van der Waals surface area contributed by atoms with Crippen molar-refractivity contribution < 1.29 is 14.3 Å². The molecule has 24 heavy (non-hydrogen) atoms. The highest BCUT2D eigenvalue weighted by atomic mass is 16.7. The van der Waals surface area contributed by atoms with Gasteiger partial charge >= 0.3 is 0 Å². The molecule has 1 atom stereocenters. The molecule has 0 bridgehead atoms. The molecular weight excluding hydrogens is 302 g/mol. The molecule has 0 saturated carbocycles. The molecule has 4 rings (SSSR count). The van der Waals surface area contributed by atoms with E-state index in [0.717, 1.165) is 22.5 Å². The highest BCUT2D eigenvalue weighted by Gasteiger charge is 2.39. The average molecular weight is 319 g/mol. The number of hydrogen-bond acceptors (Lipinski definition) is 4. The molecule has 4 heteroatoms. The van der Waals surface area contributed by atoms with Crippen molar-refractivity contribution in [3.8, 4) is 0 Å². The predicted octanol–water partition coefficient (Wildman–Crippen LogP) is 4.04. The lowest BCUT2D eigenvalue weighted by Gasteiger charge is -2.18. The van der Waals surface area contributed by atoms with Crippen LogP contribution in [0.3, 0.4) is 0 Å². The number of rotatable bonds is 3. The SMILES string of the molecule is CCOC1CC2=C(O1)C(=O)c1ccccc1C2=Nc1ccccc1. The summed E-state index contributed by atoms with van der Waals surface area (Å²) in [6.07, 6.45) is 0.119. The van der Waals surface area contributed by atoms with Gasteiger partial charge in [0.15, 0.2) is 5.76 Å². The van der Waals surface area contributed by atoms with E-state index in [2.05, 4.69) is 0 Å². The summed E-state index contributed by atoms with van der Waals surface area (Å²) in [4.78, 5) is 17.6. The number of aliphatic imine (C=N–C) groups is 1. The molecule has 0 spiro atoms. The van der Waals surface area contributed by atoms with E-state index in [1.165, 1.54) is 0 Å². The van der Waals surface area contributed by atoms with Crippen LogP contribution in [-0.2, 0) is 9.47 Å². The summed E-state index contributed by atoms with van der Waals surface area (Å²) >= 11 is 0. The number of carbonyl (C=O) groups excluding carboxylic acids is 1. The zero-order valence-electron chi connectivity index (χ0n) is 13.4. The maximum atomic E-state index is 12.8. The number of carbonyl (C=O) groups is 1. The first-order valence-corrected chi connectivity index (χ1v) is 8.07. The molecule has 0 N–H and O–H groups in total. The Morgan fingerprint density at radius 3 is 2.54 bits per heavy atom. The molecule has 4 nitrogen and oxygen atoms in total. The molecule has 2 aliphatic rings. The van der Waals surface area contributed by atoms with Crippen LogP contribution in [0.25, 0.3) is 0 Å². The van der Waals surface area contributed by atoms with Crippen molar-refractivity contribution in [1.29, 1.82) is 0 Å². The van der Waals surface area contributed by atoms with Gasteiger partial charge in [-0.25, -0.2) is 4.99 Å². The maximum absolute atomic E-state index is 12.8. The summed E-state index contributed by atoms with van der Waals surface area (Å²) < 4.78 is 11.3. The van der Waals surface area contributed by atoms with Crippen LogP contribution < -0.4 is 0 Å². The van der Waals surface area contributed by atoms with Gasteiger partial charge in [-0.15, -0.1) is 0 Å². The number of nitrogens with zero attached hydrogens (tertiary/aromatic N) is 1. The van der Waals surface area contributed by atoms with E-state index in [-0.39, 0.29) is 5.78 Å². The molecule has 0 radical (unpaired) electrons. The second-order valence-corrected chi connectivity index (χ2v) is 5.69. The fourth-order valence-corrected chi connectivity index (χ4v) is 3.11. The number of Topliss-reactive ketones (excluding diaryl/α,β-unsaturated/α-hetero) is 1. The summed E-state index contributed by atoms with van der Waals surface area (Å²) in [6, 6.07) is 17.3. The van der Waals surface area contributed by atoms with Gasteiger partial charge in [0.1, 0.15) is 0 Å². The second-order valence-electron chi connectivity index (χ2n) is 5.69. The Kier molecular flexibility index (Phi) is 3.75. The summed E-state index contributed by atoms with van der Waals surface area (Å²) in [5.74, 6) is 0.289. The lowest BCUT2D eigenvalue weighted by Crippen LogP contribution is -2.20. The Labute approximate surface area is 140 Å². The van der Waals surface area contributed by atoms with Gasteiger partial charge in [-0.05, 0) is 19.1 Å². The average Bonchev–Trinajstić information content (AvgIpc) is 3.04. The van der Waals surface area contributed by atoms with E-state index in [4.69, 9.17) is 14.5 Å². The smallest absolute Gasteiger partial charge is 0.228 e. The highest BCUT2D eigenvalue weighted by Crippen LogP contribution is 2.37. The number of benzene rings is 2. The fraction of sp³-hybridized carbons (Fsp3) is 0.200. The Morgan fingerprint density at radius 2 is 1.79 bits per heavy atom. The van der Waals surface area contributed by atoms with E-state index in [9.17, 15) is 4.79 Å². The topological polar surface area (TPSA) is 47.9 Å². The van der Waals surface area contributed by atoms with Gasteiger partial charge in [-0.2, -0.15) is 0 Å². The molecule has 1 aliphatic heterocycles. The third kappa shape index (κ3) is 2.45. The van der Waals surface area contributed by atoms with Crippen molar-refractivity contribution in [2.24, 2.45) is 4.99 Å². The quantitative estimate of drug-likeness (QED) is 0.858. The van der Waals surface area contributed by atoms with E-state index >= 15 is 0 Å². The molecule has 1 unspecified atom stereocenters. The third-order valence-corrected chi connectivity index (χ3v) is 4.16. The normalized spacial score (nSPS) is 20.8. The first kappa shape index (κ1) is 14.8. The second kappa shape index (κ2) is 6.06. The largest absolute Gasteiger partial charge is 0.460 e. The van der Waals surface area contributed by atoms with E-state index < -0.39 is 6.29 Å². The lowest BCUT2D eigenvalue weighted by molar-refractivity contribution is -0.0937. The molecule has 0 amide bonds. The minimum absolute atomic E-state index is 0.0881. The Hall–Kier alpha value is -2.72. The van der Waals surface area contributed by atoms with Crippen LogP contribution in [0.15, 0.2) is 70.9 Å². The van der Waals surface area contributed by atoms with Gasteiger partial charge in [0.2, 0.25) is 12.1 Å². The Bertz CT molecular complexity index is 852. The van der Waals surface area contributed by atoms with Crippen LogP contribution in [0.4, 0.5) is 5.69 Å². The third-order valence-electron chi connectivity index (χ3n) is 4.16. The zero-order valence-corrected chi connectivity index (χ0v) is 13.4. The maximum Gasteiger partial charge on any atom is 0.228 e. The van der Waals surface area contributed by atoms with Crippen LogP contribution in [0, 0.1) is 0 Å². The summed E-state index contributed by atoms with van der Waals surface area (Å²) in [5, 5.41) is 0. The summed E-state index contributed by atoms with van der Waals surface area (Å²) in [5.41, 5.74) is 3.96. The van der Waals surface area contributed by atoms with Crippen molar-refractivity contribution in [3.63, 3.8) is 0 Å². The van der Waals surface area contributed by atoms with E-state index in [1.54, 1.807) is 0 Å². The first-order valence-electron chi connectivity index (χ1n) is 8.07. The van der Waals surface area contributed by atoms with Gasteiger partial charge < -0.3 is 9.47 Å². The standard InChI is InChI=1S/C20H17NO3/c1-2-23-17-12-16-18(21-13-8-4-3-5-9-13)14-10-6-7-11-15(14)19(22)20(16)24-17/h3-11,17H,2,12H2,1H3. The highest BCUT2D eigenvalue weighted by molar-refractivity contribution is 6.28. The minimum atomic E-state index is -0.417. The van der Waals surface area contributed by atoms with Crippen molar-refractivity contribution in [2.45, 2.75) is 19.6 Å². The van der Waals surface area contributed by atoms with Gasteiger partial charge in [0.05, 0.1) is 11.4 Å². The molecule has 1 aliphatic carbocycles. The molecule has 120 valence electrons. The van der Waals surface area contributed by atoms with Crippen LogP contribution in [0.1, 0.15) is 29.3 Å².